The van der Waals surface area contributed by atoms with Gasteiger partial charge in [0.2, 0.25) is 11.8 Å². The first-order valence-electron chi connectivity index (χ1n) is 23.1. The van der Waals surface area contributed by atoms with E-state index in [9.17, 15) is 24.3 Å². The van der Waals surface area contributed by atoms with Gasteiger partial charge in [0.15, 0.2) is 12.4 Å². The van der Waals surface area contributed by atoms with E-state index in [1.165, 1.54) is 51.9 Å². The second-order valence-electron chi connectivity index (χ2n) is 17.7. The van der Waals surface area contributed by atoms with Crippen LogP contribution in [0.1, 0.15) is 164 Å². The first-order valence-corrected chi connectivity index (χ1v) is 23.1. The molecule has 1 aliphatic rings. The van der Waals surface area contributed by atoms with Crippen molar-refractivity contribution in [2.24, 2.45) is 41.2 Å². The number of carboxylic acid groups (broad SMARTS) is 1. The number of hydrogen-bond donors (Lipinski definition) is 2. The molecule has 0 bridgehead atoms. The minimum absolute atomic E-state index is 0.104. The lowest BCUT2D eigenvalue weighted by molar-refractivity contribution is -0.931. The van der Waals surface area contributed by atoms with Crippen LogP contribution in [0.4, 0.5) is 0 Å². The zero-order chi connectivity index (χ0) is 42.1. The Kier molecular flexibility index (Phi) is 25.0. The molecule has 0 aliphatic heterocycles. The lowest BCUT2D eigenvalue weighted by Crippen LogP contribution is -2.52. The number of carbonyl (C=O) groups is 4. The highest BCUT2D eigenvalue weighted by atomic mass is 16.5. The molecule has 1 saturated carbocycles. The molecular weight excluding hydrogens is 717 g/mol. The van der Waals surface area contributed by atoms with E-state index >= 15 is 0 Å². The molecule has 1 aromatic heterocycles. The molecule has 2 rings (SSSR count). The van der Waals surface area contributed by atoms with Gasteiger partial charge < -0.3 is 30.2 Å². The van der Waals surface area contributed by atoms with E-state index < -0.39 is 23.7 Å². The summed E-state index contributed by atoms with van der Waals surface area (Å²) >= 11 is 0. The third-order valence-corrected chi connectivity index (χ3v) is 12.6. The third-order valence-electron chi connectivity index (χ3n) is 12.6. The molecule has 2 amide bonds. The predicted molar refractivity (Wildman–Crippen MR) is 226 cm³/mol. The zero-order valence-corrected chi connectivity index (χ0v) is 37.0. The summed E-state index contributed by atoms with van der Waals surface area (Å²) in [5, 5.41) is 15.7. The topological polar surface area (TPSA) is 142 Å². The van der Waals surface area contributed by atoms with Crippen molar-refractivity contribution in [3.05, 3.63) is 30.6 Å². The fraction of sp³-hybridized carbons (Fsp3) is 0.809. The van der Waals surface area contributed by atoms with Crippen LogP contribution in [-0.2, 0) is 30.5 Å². The van der Waals surface area contributed by atoms with Crippen molar-refractivity contribution in [3.8, 4) is 0 Å². The van der Waals surface area contributed by atoms with Gasteiger partial charge in [-0.05, 0) is 82.5 Å². The Balaban J connectivity index is 2.06. The molecule has 3 N–H and O–H groups in total. The van der Waals surface area contributed by atoms with E-state index in [1.54, 1.807) is 0 Å². The van der Waals surface area contributed by atoms with Gasteiger partial charge in [-0.3, -0.25) is 14.4 Å². The number of carbonyl (C=O) groups excluding carboxylic acids is 4. The molecule has 0 saturated heterocycles. The van der Waals surface area contributed by atoms with Gasteiger partial charge in [0.05, 0.1) is 38.7 Å². The Hall–Kier alpha value is -3.01. The molecule has 10 nitrogen and oxygen atoms in total. The number of pyridine rings is 1. The Bertz CT molecular complexity index is 1260. The second-order valence-corrected chi connectivity index (χ2v) is 17.7. The maximum absolute atomic E-state index is 14.1. The number of rotatable bonds is 33. The molecule has 326 valence electrons. The normalized spacial score (nSPS) is 19.1. The van der Waals surface area contributed by atoms with Gasteiger partial charge >= 0.3 is 5.97 Å². The van der Waals surface area contributed by atoms with E-state index in [0.717, 1.165) is 75.7 Å². The minimum atomic E-state index is -1.19. The summed E-state index contributed by atoms with van der Waals surface area (Å²) in [6.07, 6.45) is 22.1. The average molecular weight is 800 g/mol. The molecule has 7 unspecified atom stereocenters. The average Bonchev–Trinajstić information content (AvgIpc) is 3.54. The molecule has 1 fully saturated rings. The third kappa shape index (κ3) is 19.5. The Morgan fingerprint density at radius 1 is 0.807 bits per heavy atom. The summed E-state index contributed by atoms with van der Waals surface area (Å²) < 4.78 is 9.34. The summed E-state index contributed by atoms with van der Waals surface area (Å²) in [5.74, 6) is -4.17. The smallest absolute Gasteiger partial charge is 0.308 e. The van der Waals surface area contributed by atoms with Crippen LogP contribution in [0.3, 0.4) is 0 Å². The van der Waals surface area contributed by atoms with E-state index in [1.807, 2.05) is 6.92 Å². The molecule has 1 aliphatic carbocycles. The quantitative estimate of drug-likeness (QED) is 0.0331. The molecule has 0 aromatic carbocycles. The van der Waals surface area contributed by atoms with Gasteiger partial charge in [0.25, 0.3) is 0 Å². The number of aryl methyl sites for hydroxylation is 1. The fourth-order valence-electron chi connectivity index (χ4n) is 10.2. The molecule has 1 heterocycles. The van der Waals surface area contributed by atoms with Crippen LogP contribution in [0, 0.1) is 35.5 Å². The monoisotopic (exact) mass is 800 g/mol. The number of unbranched alkanes of at least 4 members (excludes halogenated alkanes) is 9. The molecule has 0 spiro atoms. The number of nitrogens with zero attached hydrogens (tertiary/aromatic N) is 2. The van der Waals surface area contributed by atoms with Crippen LogP contribution in [0.15, 0.2) is 30.6 Å². The van der Waals surface area contributed by atoms with E-state index in [0.29, 0.717) is 38.7 Å². The first-order chi connectivity index (χ1) is 27.4. The number of aliphatic carboxylic acids is 1. The van der Waals surface area contributed by atoms with E-state index in [-0.39, 0.29) is 48.0 Å². The van der Waals surface area contributed by atoms with Crippen LogP contribution in [-0.4, -0.2) is 67.1 Å². The summed E-state index contributed by atoms with van der Waals surface area (Å²) in [6.45, 7) is 18.1. The highest BCUT2D eigenvalue weighted by Crippen LogP contribution is 2.44. The molecule has 57 heavy (non-hydrogen) atoms. The second kappa shape index (κ2) is 28.4. The van der Waals surface area contributed by atoms with Crippen LogP contribution in [0.5, 0.6) is 0 Å². The molecule has 7 atom stereocenters. The van der Waals surface area contributed by atoms with Gasteiger partial charge in [-0.25, -0.2) is 4.57 Å². The molecule has 1 aromatic rings. The maximum atomic E-state index is 14.1. The fourth-order valence-corrected chi connectivity index (χ4v) is 10.2. The highest BCUT2D eigenvalue weighted by Gasteiger charge is 2.43. The van der Waals surface area contributed by atoms with Crippen LogP contribution in [0.2, 0.25) is 0 Å². The lowest BCUT2D eigenvalue weighted by Gasteiger charge is -2.41. The summed E-state index contributed by atoms with van der Waals surface area (Å²) in [6, 6.07) is 6.01. The van der Waals surface area contributed by atoms with Crippen molar-refractivity contribution in [1.82, 2.24) is 5.32 Å². The molecule has 0 radical (unpaired) electrons. The Morgan fingerprint density at radius 2 is 1.37 bits per heavy atom. The van der Waals surface area contributed by atoms with Crippen LogP contribution in [0.25, 0.3) is 0 Å². The number of aromatic nitrogens is 1. The van der Waals surface area contributed by atoms with Crippen LogP contribution < -0.4 is 20.7 Å². The van der Waals surface area contributed by atoms with Gasteiger partial charge in [0, 0.05) is 55.2 Å². The number of carboxylic acids is 1. The van der Waals surface area contributed by atoms with Crippen molar-refractivity contribution in [2.75, 3.05) is 32.8 Å². The van der Waals surface area contributed by atoms with Gasteiger partial charge in [0.1, 0.15) is 6.54 Å². The molecular formula is C47H83N4O6+. The van der Waals surface area contributed by atoms with Crippen molar-refractivity contribution >= 4 is 23.8 Å². The Morgan fingerprint density at radius 3 is 1.88 bits per heavy atom. The van der Waals surface area contributed by atoms with Crippen molar-refractivity contribution in [1.29, 1.82) is 0 Å². The van der Waals surface area contributed by atoms with Gasteiger partial charge in [-0.15, -0.1) is 0 Å². The van der Waals surface area contributed by atoms with Crippen molar-refractivity contribution < 1.29 is 38.1 Å². The zero-order valence-electron chi connectivity index (χ0n) is 37.0. The SMILES string of the molecule is CCC[N+](CCC)(CCC)CC(C)CC(CC1CC(NC(C)=O)CC1C(CC(CC)C(N)=O)C(=O)[O-])C(=O)OCCCCCCCCCCCC[n+]1ccccc1. The van der Waals surface area contributed by atoms with Gasteiger partial charge in [-0.2, -0.15) is 0 Å². The van der Waals surface area contributed by atoms with Crippen molar-refractivity contribution in [3.63, 3.8) is 0 Å². The standard InChI is InChI=1S/C47H82N4O6/c1-7-27-51(28-8-2,29-9-3)36-37(5)31-41(32-40-33-42(49-38(6)52)35-43(40)44(46(54)55)34-39(10-4)45(48)53)47(56)57-30-23-18-16-14-12-11-13-15-17-20-24-50-25-21-19-22-26-50/h19,21-22,25-26,37,39-44H,7-18,20,23-24,27-36H2,1-6H3,(H2-2,48,49,52,53,54,55)/p+1. The van der Waals surface area contributed by atoms with E-state index in [2.05, 4.69) is 68.2 Å². The van der Waals surface area contributed by atoms with Gasteiger partial charge in [-0.1, -0.05) is 85.6 Å². The summed E-state index contributed by atoms with van der Waals surface area (Å²) in [5.41, 5.74) is 5.67. The number of nitrogens with one attached hydrogen (secondary N) is 1. The number of nitrogens with two attached hydrogens (primary N) is 1. The highest BCUT2D eigenvalue weighted by molar-refractivity contribution is 5.78. The van der Waals surface area contributed by atoms with Crippen LogP contribution >= 0.6 is 0 Å². The summed E-state index contributed by atoms with van der Waals surface area (Å²) in [7, 11) is 0. The number of esters is 1. The lowest BCUT2D eigenvalue weighted by atomic mass is 9.74. The number of primary amides is 1. The number of quaternary nitrogens is 1. The number of amides is 2. The number of ether oxygens (including phenoxy) is 1. The summed E-state index contributed by atoms with van der Waals surface area (Å²) in [4.78, 5) is 51.2. The maximum Gasteiger partial charge on any atom is 0.308 e. The largest absolute Gasteiger partial charge is 0.550 e. The van der Waals surface area contributed by atoms with E-state index in [4.69, 9.17) is 10.5 Å². The first kappa shape index (κ1) is 50.1. The molecule has 10 heteroatoms. The number of hydrogen-bond acceptors (Lipinski definition) is 6. The predicted octanol–water partition coefficient (Wildman–Crippen LogP) is 7.30. The van der Waals surface area contributed by atoms with Crippen molar-refractivity contribution in [2.45, 2.75) is 176 Å². The Labute approximate surface area is 347 Å². The minimum Gasteiger partial charge on any atom is -0.550 e.